The molecule has 1 aliphatic rings. The Morgan fingerprint density at radius 3 is 2.72 bits per heavy atom. The quantitative estimate of drug-likeness (QED) is 0.929. The lowest BCUT2D eigenvalue weighted by molar-refractivity contribution is -0.142. The van der Waals surface area contributed by atoms with Crippen molar-refractivity contribution >= 4 is 41.6 Å². The van der Waals surface area contributed by atoms with Gasteiger partial charge in [-0.05, 0) is 37.1 Å². The lowest BCUT2D eigenvalue weighted by Crippen LogP contribution is -2.35. The minimum Gasteiger partial charge on any atom is -0.480 e. The van der Waals surface area contributed by atoms with Gasteiger partial charge in [0, 0.05) is 6.54 Å². The lowest BCUT2D eigenvalue weighted by atomic mass is 10.2. The van der Waals surface area contributed by atoms with Gasteiger partial charge in [-0.3, -0.25) is 9.69 Å². The fourth-order valence-corrected chi connectivity index (χ4v) is 2.49. The number of carboxylic acid groups (broad SMARTS) is 1. The van der Waals surface area contributed by atoms with Gasteiger partial charge in [0.25, 0.3) is 0 Å². The summed E-state index contributed by atoms with van der Waals surface area (Å²) in [7, 11) is 0. The maximum absolute atomic E-state index is 11.0. The summed E-state index contributed by atoms with van der Waals surface area (Å²) in [4.78, 5) is 13.0. The molecule has 1 unspecified atom stereocenters. The fourth-order valence-electron chi connectivity index (χ4n) is 2.17. The molecule has 6 heteroatoms. The number of hydrogen-bond acceptors (Lipinski definition) is 2. The predicted octanol–water partition coefficient (Wildman–Crippen LogP) is 3.46. The van der Waals surface area contributed by atoms with Gasteiger partial charge in [-0.25, -0.2) is 0 Å². The predicted molar refractivity (Wildman–Crippen MR) is 74.8 cm³/mol. The van der Waals surface area contributed by atoms with E-state index in [1.165, 1.54) is 0 Å². The zero-order chi connectivity index (χ0) is 12.4. The highest BCUT2D eigenvalue weighted by Crippen LogP contribution is 2.25. The van der Waals surface area contributed by atoms with Crippen molar-refractivity contribution in [3.8, 4) is 0 Å². The third-order valence-corrected chi connectivity index (χ3v) is 3.76. The number of rotatable bonds is 3. The van der Waals surface area contributed by atoms with Gasteiger partial charge < -0.3 is 5.11 Å². The molecule has 1 aromatic carbocycles. The Kier molecular flexibility index (Phi) is 5.73. The molecule has 100 valence electrons. The Balaban J connectivity index is 0.00000162. The zero-order valence-electron chi connectivity index (χ0n) is 9.60. The van der Waals surface area contributed by atoms with Gasteiger partial charge in [-0.15, -0.1) is 12.4 Å². The summed E-state index contributed by atoms with van der Waals surface area (Å²) in [6, 6.07) is 5.04. The van der Waals surface area contributed by atoms with Crippen LogP contribution in [0.4, 0.5) is 0 Å². The summed E-state index contributed by atoms with van der Waals surface area (Å²) in [5.41, 5.74) is 0.993. The zero-order valence-corrected chi connectivity index (χ0v) is 11.9. The molecule has 1 N–H and O–H groups in total. The number of carbonyl (C=O) groups is 1. The van der Waals surface area contributed by atoms with Crippen molar-refractivity contribution in [2.45, 2.75) is 25.4 Å². The molecule has 1 aliphatic heterocycles. The molecule has 3 nitrogen and oxygen atoms in total. The van der Waals surface area contributed by atoms with Crippen molar-refractivity contribution in [2.24, 2.45) is 0 Å². The first-order valence-electron chi connectivity index (χ1n) is 5.48. The summed E-state index contributed by atoms with van der Waals surface area (Å²) >= 11 is 11.8. The Morgan fingerprint density at radius 1 is 1.39 bits per heavy atom. The standard InChI is InChI=1S/C12H13Cl2NO2.ClH/c13-9-4-3-8(6-10(9)14)7-15-5-1-2-11(15)12(16)17;/h3-4,6,11H,1-2,5,7H2,(H,16,17);1H. The van der Waals surface area contributed by atoms with Crippen LogP contribution < -0.4 is 0 Å². The molecule has 0 saturated carbocycles. The van der Waals surface area contributed by atoms with Crippen LogP contribution in [0.5, 0.6) is 0 Å². The lowest BCUT2D eigenvalue weighted by Gasteiger charge is -2.21. The topological polar surface area (TPSA) is 40.5 Å². The summed E-state index contributed by atoms with van der Waals surface area (Å²) in [5, 5.41) is 10.1. The van der Waals surface area contributed by atoms with Crippen molar-refractivity contribution in [2.75, 3.05) is 6.54 Å². The molecule has 1 atom stereocenters. The van der Waals surface area contributed by atoms with Crippen molar-refractivity contribution in [1.29, 1.82) is 0 Å². The van der Waals surface area contributed by atoms with Crippen LogP contribution in [0.2, 0.25) is 10.0 Å². The normalized spacial score (nSPS) is 19.6. The van der Waals surface area contributed by atoms with Gasteiger partial charge >= 0.3 is 5.97 Å². The van der Waals surface area contributed by atoms with Crippen LogP contribution in [-0.4, -0.2) is 28.6 Å². The van der Waals surface area contributed by atoms with Crippen molar-refractivity contribution in [3.63, 3.8) is 0 Å². The summed E-state index contributed by atoms with van der Waals surface area (Å²) in [6.45, 7) is 1.42. The monoisotopic (exact) mass is 309 g/mol. The van der Waals surface area contributed by atoms with Gasteiger partial charge in [-0.2, -0.15) is 0 Å². The Morgan fingerprint density at radius 2 is 2.11 bits per heavy atom. The SMILES string of the molecule is Cl.O=C(O)C1CCCN1Cc1ccc(Cl)c(Cl)c1. The van der Waals surface area contributed by atoms with E-state index in [1.54, 1.807) is 12.1 Å². The molecule has 1 fully saturated rings. The molecular formula is C12H14Cl3NO2. The van der Waals surface area contributed by atoms with E-state index in [0.29, 0.717) is 16.6 Å². The number of carboxylic acids is 1. The molecule has 1 saturated heterocycles. The Bertz CT molecular complexity index is 439. The van der Waals surface area contributed by atoms with Crippen LogP contribution in [0.25, 0.3) is 0 Å². The highest BCUT2D eigenvalue weighted by molar-refractivity contribution is 6.42. The second kappa shape index (κ2) is 6.62. The van der Waals surface area contributed by atoms with E-state index < -0.39 is 5.97 Å². The fraction of sp³-hybridized carbons (Fsp3) is 0.417. The molecule has 18 heavy (non-hydrogen) atoms. The third-order valence-electron chi connectivity index (χ3n) is 3.02. The molecule has 0 amide bonds. The second-order valence-electron chi connectivity index (χ2n) is 4.22. The van der Waals surface area contributed by atoms with Crippen LogP contribution in [0.15, 0.2) is 18.2 Å². The van der Waals surface area contributed by atoms with E-state index in [0.717, 1.165) is 24.9 Å². The molecular weight excluding hydrogens is 296 g/mol. The maximum atomic E-state index is 11.0. The smallest absolute Gasteiger partial charge is 0.320 e. The first-order chi connectivity index (χ1) is 8.08. The maximum Gasteiger partial charge on any atom is 0.320 e. The summed E-state index contributed by atoms with van der Waals surface area (Å²) in [6.07, 6.45) is 1.65. The minimum absolute atomic E-state index is 0. The summed E-state index contributed by atoms with van der Waals surface area (Å²) in [5.74, 6) is -0.748. The van der Waals surface area contributed by atoms with E-state index in [4.69, 9.17) is 28.3 Å². The Labute approximate surface area is 122 Å². The number of hydrogen-bond donors (Lipinski definition) is 1. The van der Waals surface area contributed by atoms with Gasteiger partial charge in [0.05, 0.1) is 10.0 Å². The number of likely N-dealkylation sites (tertiary alicyclic amines) is 1. The third kappa shape index (κ3) is 3.51. The first kappa shape index (κ1) is 15.6. The van der Waals surface area contributed by atoms with Gasteiger partial charge in [0.1, 0.15) is 6.04 Å². The average Bonchev–Trinajstić information content (AvgIpc) is 2.72. The summed E-state index contributed by atoms with van der Waals surface area (Å²) < 4.78 is 0. The number of nitrogens with zero attached hydrogens (tertiary/aromatic N) is 1. The molecule has 0 aliphatic carbocycles. The van der Waals surface area contributed by atoms with Crippen molar-refractivity contribution in [3.05, 3.63) is 33.8 Å². The largest absolute Gasteiger partial charge is 0.480 e. The van der Waals surface area contributed by atoms with Gasteiger partial charge in [0.15, 0.2) is 0 Å². The molecule has 1 aromatic rings. The van der Waals surface area contributed by atoms with Crippen LogP contribution >= 0.6 is 35.6 Å². The van der Waals surface area contributed by atoms with Gasteiger partial charge in [-0.1, -0.05) is 29.3 Å². The van der Waals surface area contributed by atoms with Crippen LogP contribution in [-0.2, 0) is 11.3 Å². The van der Waals surface area contributed by atoms with E-state index in [9.17, 15) is 4.79 Å². The minimum atomic E-state index is -0.748. The van der Waals surface area contributed by atoms with E-state index >= 15 is 0 Å². The molecule has 1 heterocycles. The highest BCUT2D eigenvalue weighted by atomic mass is 35.5. The average molecular weight is 311 g/mol. The molecule has 0 spiro atoms. The van der Waals surface area contributed by atoms with Crippen molar-refractivity contribution < 1.29 is 9.90 Å². The number of benzene rings is 1. The second-order valence-corrected chi connectivity index (χ2v) is 5.03. The van der Waals surface area contributed by atoms with E-state index in [1.807, 2.05) is 11.0 Å². The molecule has 2 rings (SSSR count). The van der Waals surface area contributed by atoms with Crippen LogP contribution in [0, 0.1) is 0 Å². The van der Waals surface area contributed by atoms with E-state index in [2.05, 4.69) is 0 Å². The van der Waals surface area contributed by atoms with Crippen molar-refractivity contribution in [1.82, 2.24) is 4.90 Å². The van der Waals surface area contributed by atoms with Crippen LogP contribution in [0.1, 0.15) is 18.4 Å². The highest BCUT2D eigenvalue weighted by Gasteiger charge is 2.30. The number of halogens is 3. The van der Waals surface area contributed by atoms with E-state index in [-0.39, 0.29) is 18.4 Å². The van der Waals surface area contributed by atoms with Gasteiger partial charge in [0.2, 0.25) is 0 Å². The first-order valence-corrected chi connectivity index (χ1v) is 6.24. The number of aliphatic carboxylic acids is 1. The molecule has 0 radical (unpaired) electrons. The van der Waals surface area contributed by atoms with Crippen LogP contribution in [0.3, 0.4) is 0 Å². The molecule has 0 bridgehead atoms. The Hall–Kier alpha value is -0.480. The molecule has 0 aromatic heterocycles.